The molecule has 0 radical (unpaired) electrons. The summed E-state index contributed by atoms with van der Waals surface area (Å²) < 4.78 is 10.9. The molecule has 7 heteroatoms. The zero-order valence-corrected chi connectivity index (χ0v) is 36.2. The molecular weight excluding hydrogens is 720 g/mol. The average Bonchev–Trinajstić information content (AvgIpc) is 3.44. The third kappa shape index (κ3) is 18.6. The van der Waals surface area contributed by atoms with Gasteiger partial charge in [-0.3, -0.25) is 4.79 Å². The standard InChI is InChI=1S/C49H79ClO6/c1-3-5-6-7-8-9-10-11-12-13-14-15-16-19-27-40-28-24-29-41(38-40)48(54)56-37-23-22-36-55-47(53)33-21-18-17-20-30-42-43(45(51)39-44(42)50)31-25-32-46(52)49(4-2)34-26-35-49/h17,20,24-25,28-29,31,38,42-46,51-52H,3-16,18-19,21-23,26-27,30,32-37,39H2,1-2H3/b20-17-,31-25+/t42-,43-,44-,45-,46+/m1/s1. The number of hydrogen-bond donors (Lipinski definition) is 2. The fourth-order valence-corrected chi connectivity index (χ4v) is 9.11. The van der Waals surface area contributed by atoms with Crippen LogP contribution in [0.15, 0.2) is 48.6 Å². The Bertz CT molecular complexity index is 1250. The highest BCUT2D eigenvalue weighted by Gasteiger charge is 2.42. The normalized spacial score (nSPS) is 21.1. The van der Waals surface area contributed by atoms with E-state index in [0.717, 1.165) is 44.9 Å². The van der Waals surface area contributed by atoms with Gasteiger partial charge in [-0.2, -0.15) is 0 Å². The molecule has 0 amide bonds. The maximum Gasteiger partial charge on any atom is 0.338 e. The third-order valence-corrected chi connectivity index (χ3v) is 13.2. The summed E-state index contributed by atoms with van der Waals surface area (Å²) in [5.74, 6) is -0.353. The van der Waals surface area contributed by atoms with Crippen molar-refractivity contribution < 1.29 is 29.3 Å². The Morgan fingerprint density at radius 2 is 1.48 bits per heavy atom. The second-order valence-corrected chi connectivity index (χ2v) is 17.6. The first-order chi connectivity index (χ1) is 27.3. The van der Waals surface area contributed by atoms with E-state index in [-0.39, 0.29) is 40.7 Å². The lowest BCUT2D eigenvalue weighted by molar-refractivity contribution is -0.143. The summed E-state index contributed by atoms with van der Waals surface area (Å²) in [5.41, 5.74) is 1.88. The molecule has 2 aliphatic rings. The summed E-state index contributed by atoms with van der Waals surface area (Å²) in [6.07, 6.45) is 37.1. The van der Waals surface area contributed by atoms with Crippen molar-refractivity contribution >= 4 is 23.5 Å². The van der Waals surface area contributed by atoms with Crippen LogP contribution in [0.4, 0.5) is 0 Å². The molecule has 0 heterocycles. The third-order valence-electron chi connectivity index (χ3n) is 12.7. The van der Waals surface area contributed by atoms with Crippen LogP contribution in [0, 0.1) is 17.3 Å². The van der Waals surface area contributed by atoms with Crippen LogP contribution in [0.3, 0.4) is 0 Å². The highest BCUT2D eigenvalue weighted by atomic mass is 35.5. The summed E-state index contributed by atoms with van der Waals surface area (Å²) in [5, 5.41) is 21.3. The van der Waals surface area contributed by atoms with Gasteiger partial charge in [0.05, 0.1) is 31.0 Å². The number of aryl methyl sites for hydroxylation is 1. The van der Waals surface area contributed by atoms with Gasteiger partial charge in [0.2, 0.25) is 0 Å². The van der Waals surface area contributed by atoms with Crippen LogP contribution in [0.2, 0.25) is 0 Å². The number of carbonyl (C=O) groups is 2. The van der Waals surface area contributed by atoms with Crippen molar-refractivity contribution in [3.8, 4) is 0 Å². The lowest BCUT2D eigenvalue weighted by atomic mass is 9.63. The molecule has 2 aliphatic carbocycles. The van der Waals surface area contributed by atoms with Crippen molar-refractivity contribution in [2.24, 2.45) is 17.3 Å². The van der Waals surface area contributed by atoms with Crippen LogP contribution in [-0.4, -0.2) is 53.0 Å². The molecule has 1 aromatic carbocycles. The van der Waals surface area contributed by atoms with Crippen molar-refractivity contribution in [1.29, 1.82) is 0 Å². The number of aliphatic hydroxyl groups excluding tert-OH is 2. The van der Waals surface area contributed by atoms with E-state index in [9.17, 15) is 19.8 Å². The van der Waals surface area contributed by atoms with E-state index in [1.807, 2.05) is 18.2 Å². The molecule has 1 aromatic rings. The van der Waals surface area contributed by atoms with Gasteiger partial charge in [-0.1, -0.05) is 140 Å². The van der Waals surface area contributed by atoms with Gasteiger partial charge in [0, 0.05) is 17.7 Å². The minimum Gasteiger partial charge on any atom is -0.466 e. The molecule has 0 unspecified atom stereocenters. The Labute approximate surface area is 346 Å². The van der Waals surface area contributed by atoms with Gasteiger partial charge in [-0.05, 0) is 106 Å². The van der Waals surface area contributed by atoms with Crippen molar-refractivity contribution in [2.45, 2.75) is 205 Å². The van der Waals surface area contributed by atoms with Gasteiger partial charge in [-0.25, -0.2) is 4.79 Å². The number of hydrogen-bond acceptors (Lipinski definition) is 6. The number of ether oxygens (including phenoxy) is 2. The monoisotopic (exact) mass is 799 g/mol. The number of alkyl halides is 1. The van der Waals surface area contributed by atoms with E-state index in [2.05, 4.69) is 44.2 Å². The van der Waals surface area contributed by atoms with Gasteiger partial charge in [0.1, 0.15) is 0 Å². The van der Waals surface area contributed by atoms with Crippen LogP contribution in [0.5, 0.6) is 0 Å². The van der Waals surface area contributed by atoms with Crippen molar-refractivity contribution in [3.63, 3.8) is 0 Å². The van der Waals surface area contributed by atoms with Gasteiger partial charge < -0.3 is 19.7 Å². The molecule has 0 aliphatic heterocycles. The first-order valence-corrected chi connectivity index (χ1v) is 23.5. The van der Waals surface area contributed by atoms with Crippen molar-refractivity contribution in [1.82, 2.24) is 0 Å². The van der Waals surface area contributed by atoms with E-state index in [0.29, 0.717) is 57.3 Å². The molecule has 0 bridgehead atoms. The molecule has 0 saturated heterocycles. The smallest absolute Gasteiger partial charge is 0.338 e. The average molecular weight is 800 g/mol. The highest BCUT2D eigenvalue weighted by molar-refractivity contribution is 6.21. The lowest BCUT2D eigenvalue weighted by Crippen LogP contribution is -2.40. The number of halogens is 1. The molecule has 56 heavy (non-hydrogen) atoms. The van der Waals surface area contributed by atoms with E-state index < -0.39 is 6.10 Å². The Hall–Kier alpha value is -2.15. The zero-order valence-electron chi connectivity index (χ0n) is 35.4. The molecule has 318 valence electrons. The number of benzene rings is 1. The molecule has 2 saturated carbocycles. The Morgan fingerprint density at radius 3 is 2.11 bits per heavy atom. The molecule has 2 N–H and O–H groups in total. The Balaban J connectivity index is 1.16. The van der Waals surface area contributed by atoms with E-state index in [1.54, 1.807) is 0 Å². The maximum absolute atomic E-state index is 12.6. The first-order valence-electron chi connectivity index (χ1n) is 23.0. The minimum atomic E-state index is -0.458. The number of aliphatic hydroxyl groups is 2. The second-order valence-electron chi connectivity index (χ2n) is 17.0. The largest absolute Gasteiger partial charge is 0.466 e. The van der Waals surface area contributed by atoms with Crippen molar-refractivity contribution in [2.75, 3.05) is 13.2 Å². The van der Waals surface area contributed by atoms with Crippen molar-refractivity contribution in [3.05, 3.63) is 59.7 Å². The van der Waals surface area contributed by atoms with Crippen LogP contribution in [-0.2, 0) is 20.7 Å². The molecule has 3 rings (SSSR count). The summed E-state index contributed by atoms with van der Waals surface area (Å²) in [7, 11) is 0. The number of rotatable bonds is 32. The number of allylic oxidation sites excluding steroid dienone is 2. The van der Waals surface area contributed by atoms with Crippen LogP contribution in [0.25, 0.3) is 0 Å². The second kappa shape index (κ2) is 29.1. The Kier molecular flexibility index (Phi) is 25.1. The molecular formula is C49H79ClO6. The maximum atomic E-state index is 12.6. The van der Waals surface area contributed by atoms with Gasteiger partial charge >= 0.3 is 11.9 Å². The quantitative estimate of drug-likeness (QED) is 0.0326. The van der Waals surface area contributed by atoms with Crippen LogP contribution >= 0.6 is 11.6 Å². The van der Waals surface area contributed by atoms with E-state index >= 15 is 0 Å². The number of esters is 2. The topological polar surface area (TPSA) is 93.1 Å². The molecule has 5 atom stereocenters. The molecule has 6 nitrogen and oxygen atoms in total. The van der Waals surface area contributed by atoms with Gasteiger partial charge in [0.25, 0.3) is 0 Å². The predicted molar refractivity (Wildman–Crippen MR) is 232 cm³/mol. The number of carbonyl (C=O) groups excluding carboxylic acids is 2. The lowest BCUT2D eigenvalue weighted by Gasteiger charge is -2.45. The van der Waals surface area contributed by atoms with E-state index in [1.165, 1.54) is 95.5 Å². The zero-order chi connectivity index (χ0) is 40.3. The molecule has 0 spiro atoms. The summed E-state index contributed by atoms with van der Waals surface area (Å²) >= 11 is 6.63. The minimum absolute atomic E-state index is 0.00782. The fraction of sp³-hybridized carbons (Fsp3) is 0.755. The van der Waals surface area contributed by atoms with Crippen LogP contribution < -0.4 is 0 Å². The molecule has 0 aromatic heterocycles. The predicted octanol–water partition coefficient (Wildman–Crippen LogP) is 12.8. The van der Waals surface area contributed by atoms with Crippen LogP contribution in [0.1, 0.15) is 197 Å². The Morgan fingerprint density at radius 1 is 0.839 bits per heavy atom. The SMILES string of the molecule is CCCCCCCCCCCCCCCCc1cccc(C(=O)OCCCCOC(=O)CCC/C=C\C[C@@H]2[C@@H](/C=C/C[C@H](O)C3(CC)CCC3)[C@H](O)C[C@H]2Cl)c1. The summed E-state index contributed by atoms with van der Waals surface area (Å²) in [6, 6.07) is 7.83. The first kappa shape index (κ1) is 48.2. The highest BCUT2D eigenvalue weighted by Crippen LogP contribution is 2.48. The summed E-state index contributed by atoms with van der Waals surface area (Å²) in [4.78, 5) is 24.9. The number of unbranched alkanes of at least 4 members (excludes halogenated alkanes) is 15. The van der Waals surface area contributed by atoms with Gasteiger partial charge in [-0.15, -0.1) is 11.6 Å². The van der Waals surface area contributed by atoms with Gasteiger partial charge in [0.15, 0.2) is 0 Å². The summed E-state index contributed by atoms with van der Waals surface area (Å²) in [6.45, 7) is 5.08. The van der Waals surface area contributed by atoms with E-state index in [4.69, 9.17) is 21.1 Å². The molecule has 2 fully saturated rings. The fourth-order valence-electron chi connectivity index (χ4n) is 8.66.